The highest BCUT2D eigenvalue weighted by Crippen LogP contribution is 2.31. The molecular formula is C29H34N4O4. The van der Waals surface area contributed by atoms with Gasteiger partial charge in [-0.3, -0.25) is 10.2 Å². The van der Waals surface area contributed by atoms with Crippen molar-refractivity contribution in [2.45, 2.75) is 51.2 Å². The number of amides is 1. The average Bonchev–Trinajstić information content (AvgIpc) is 2.91. The van der Waals surface area contributed by atoms with E-state index in [4.69, 9.17) is 31.1 Å². The maximum Gasteiger partial charge on any atom is 0.251 e. The first-order chi connectivity index (χ1) is 17.9. The van der Waals surface area contributed by atoms with Gasteiger partial charge in [-0.2, -0.15) is 0 Å². The molecule has 1 aliphatic rings. The minimum Gasteiger partial charge on any atom is -0.478 e. The lowest BCUT2D eigenvalue weighted by atomic mass is 9.91. The van der Waals surface area contributed by atoms with Crippen LogP contribution in [0.3, 0.4) is 0 Å². The van der Waals surface area contributed by atoms with Crippen LogP contribution in [0.2, 0.25) is 0 Å². The number of hydrogen-bond donors (Lipinski definition) is 4. The van der Waals surface area contributed by atoms with Gasteiger partial charge in [0.15, 0.2) is 0 Å². The third-order valence-corrected chi connectivity index (χ3v) is 6.28. The lowest BCUT2D eigenvalue weighted by Crippen LogP contribution is -2.40. The molecule has 1 aliphatic carbocycles. The predicted molar refractivity (Wildman–Crippen MR) is 144 cm³/mol. The van der Waals surface area contributed by atoms with Gasteiger partial charge in [-0.25, -0.2) is 0 Å². The van der Waals surface area contributed by atoms with Crippen LogP contribution in [0.1, 0.15) is 54.1 Å². The van der Waals surface area contributed by atoms with Crippen LogP contribution in [-0.2, 0) is 11.3 Å². The zero-order chi connectivity index (χ0) is 26.2. The molecule has 1 amide bonds. The number of carbonyl (C=O) groups is 1. The van der Waals surface area contributed by atoms with Crippen LogP contribution in [0.5, 0.6) is 23.0 Å². The number of nitrogens with two attached hydrogens (primary N) is 2. The van der Waals surface area contributed by atoms with Crippen LogP contribution in [0.4, 0.5) is 0 Å². The Morgan fingerprint density at radius 2 is 1.43 bits per heavy atom. The molecule has 3 aromatic rings. The summed E-state index contributed by atoms with van der Waals surface area (Å²) in [6.07, 6.45) is 3.53. The maximum atomic E-state index is 13.2. The molecule has 0 saturated heterocycles. The monoisotopic (exact) mass is 502 g/mol. The van der Waals surface area contributed by atoms with Gasteiger partial charge in [0, 0.05) is 35.8 Å². The number of carbonyl (C=O) groups excluding carboxylic acids is 1. The lowest BCUT2D eigenvalue weighted by molar-refractivity contribution is 0.0925. The van der Waals surface area contributed by atoms with Crippen molar-refractivity contribution in [1.82, 2.24) is 5.32 Å². The summed E-state index contributed by atoms with van der Waals surface area (Å²) in [5.74, 6) is 2.04. The molecule has 194 valence electrons. The van der Waals surface area contributed by atoms with Crippen molar-refractivity contribution in [3.63, 3.8) is 0 Å². The summed E-state index contributed by atoms with van der Waals surface area (Å²) < 4.78 is 17.4. The standard InChI is InChI=1S/C29H34N4O4/c1-2-35-28(32)20-5-13-25(14-6-20)37-27-16-21(29(34)33-23-9-7-22(31)8-10-23)15-26(17-27)36-24-11-3-19(18-30)4-12-24/h3-6,11-17,22-23,32H,2,7-10,18,30-31H2,1H3,(H,33,34). The lowest BCUT2D eigenvalue weighted by Gasteiger charge is -2.26. The third kappa shape index (κ3) is 7.31. The van der Waals surface area contributed by atoms with E-state index < -0.39 is 0 Å². The Hall–Kier alpha value is -3.88. The van der Waals surface area contributed by atoms with Crippen LogP contribution >= 0.6 is 0 Å². The molecule has 0 heterocycles. The van der Waals surface area contributed by atoms with Crippen molar-refractivity contribution < 1.29 is 19.0 Å². The van der Waals surface area contributed by atoms with Gasteiger partial charge in [0.1, 0.15) is 23.0 Å². The minimum absolute atomic E-state index is 0.0956. The summed E-state index contributed by atoms with van der Waals surface area (Å²) in [6.45, 7) is 2.71. The van der Waals surface area contributed by atoms with Gasteiger partial charge < -0.3 is 31.0 Å². The fraction of sp³-hybridized carbons (Fsp3) is 0.310. The molecular weight excluding hydrogens is 468 g/mol. The molecule has 8 nitrogen and oxygen atoms in total. The molecule has 1 fully saturated rings. The van der Waals surface area contributed by atoms with Crippen molar-refractivity contribution in [1.29, 1.82) is 5.41 Å². The molecule has 0 unspecified atom stereocenters. The zero-order valence-electron chi connectivity index (χ0n) is 21.0. The second-order valence-corrected chi connectivity index (χ2v) is 9.12. The number of ether oxygens (including phenoxy) is 3. The largest absolute Gasteiger partial charge is 0.478 e. The van der Waals surface area contributed by atoms with Crippen molar-refractivity contribution in [2.75, 3.05) is 6.61 Å². The average molecular weight is 503 g/mol. The Morgan fingerprint density at radius 3 is 1.97 bits per heavy atom. The van der Waals surface area contributed by atoms with Crippen LogP contribution < -0.4 is 26.3 Å². The second kappa shape index (κ2) is 12.4. The first kappa shape index (κ1) is 26.2. The molecule has 0 radical (unpaired) electrons. The van der Waals surface area contributed by atoms with E-state index >= 15 is 0 Å². The Morgan fingerprint density at radius 1 is 0.865 bits per heavy atom. The summed E-state index contributed by atoms with van der Waals surface area (Å²) in [4.78, 5) is 13.2. The normalized spacial score (nSPS) is 17.1. The minimum atomic E-state index is -0.185. The molecule has 0 aromatic heterocycles. The molecule has 4 rings (SSSR count). The maximum absolute atomic E-state index is 13.2. The van der Waals surface area contributed by atoms with Crippen LogP contribution in [-0.4, -0.2) is 30.5 Å². The fourth-order valence-corrected chi connectivity index (χ4v) is 4.22. The number of benzene rings is 3. The van der Waals surface area contributed by atoms with E-state index in [-0.39, 0.29) is 23.9 Å². The van der Waals surface area contributed by atoms with Gasteiger partial charge >= 0.3 is 0 Å². The van der Waals surface area contributed by atoms with Crippen molar-refractivity contribution in [3.8, 4) is 23.0 Å². The SMILES string of the molecule is CCOC(=N)c1ccc(Oc2cc(Oc3ccc(CN)cc3)cc(C(=O)NC3CCC(N)CC3)c2)cc1. The zero-order valence-corrected chi connectivity index (χ0v) is 21.0. The number of nitrogens with one attached hydrogen (secondary N) is 2. The molecule has 0 atom stereocenters. The third-order valence-electron chi connectivity index (χ3n) is 6.28. The number of hydrogen-bond acceptors (Lipinski definition) is 7. The summed E-state index contributed by atoms with van der Waals surface area (Å²) in [5.41, 5.74) is 13.8. The van der Waals surface area contributed by atoms with Crippen molar-refractivity contribution in [2.24, 2.45) is 11.5 Å². The van der Waals surface area contributed by atoms with Gasteiger partial charge in [-0.1, -0.05) is 12.1 Å². The molecule has 6 N–H and O–H groups in total. The highest BCUT2D eigenvalue weighted by molar-refractivity contribution is 5.95. The summed E-state index contributed by atoms with van der Waals surface area (Å²) >= 11 is 0. The van der Waals surface area contributed by atoms with E-state index in [0.717, 1.165) is 31.2 Å². The molecule has 0 spiro atoms. The van der Waals surface area contributed by atoms with E-state index in [2.05, 4.69) is 5.32 Å². The highest BCUT2D eigenvalue weighted by Gasteiger charge is 2.21. The van der Waals surface area contributed by atoms with E-state index in [9.17, 15) is 4.79 Å². The predicted octanol–water partition coefficient (Wildman–Crippen LogP) is 5.09. The van der Waals surface area contributed by atoms with Crippen LogP contribution in [0.15, 0.2) is 66.7 Å². The molecule has 0 bridgehead atoms. The second-order valence-electron chi connectivity index (χ2n) is 9.12. The summed E-state index contributed by atoms with van der Waals surface area (Å²) in [7, 11) is 0. The van der Waals surface area contributed by atoms with E-state index in [0.29, 0.717) is 47.3 Å². The smallest absolute Gasteiger partial charge is 0.251 e. The first-order valence-electron chi connectivity index (χ1n) is 12.6. The summed E-state index contributed by atoms with van der Waals surface area (Å²) in [6, 6.07) is 20.0. The Bertz CT molecular complexity index is 1200. The van der Waals surface area contributed by atoms with E-state index in [1.54, 1.807) is 42.5 Å². The first-order valence-corrected chi connectivity index (χ1v) is 12.6. The van der Waals surface area contributed by atoms with Crippen LogP contribution in [0.25, 0.3) is 0 Å². The Kier molecular flexibility index (Phi) is 8.77. The van der Waals surface area contributed by atoms with Gasteiger partial charge in [0.2, 0.25) is 5.90 Å². The van der Waals surface area contributed by atoms with E-state index in [1.807, 2.05) is 31.2 Å². The molecule has 37 heavy (non-hydrogen) atoms. The quantitative estimate of drug-likeness (QED) is 0.238. The summed E-state index contributed by atoms with van der Waals surface area (Å²) in [5, 5.41) is 11.1. The molecule has 1 saturated carbocycles. The van der Waals surface area contributed by atoms with Gasteiger partial charge in [-0.05, 0) is 86.7 Å². The Labute approximate surface area is 217 Å². The van der Waals surface area contributed by atoms with Gasteiger partial charge in [-0.15, -0.1) is 0 Å². The Balaban J connectivity index is 1.55. The van der Waals surface area contributed by atoms with Crippen molar-refractivity contribution in [3.05, 3.63) is 83.4 Å². The fourth-order valence-electron chi connectivity index (χ4n) is 4.22. The topological polar surface area (TPSA) is 133 Å². The van der Waals surface area contributed by atoms with Crippen LogP contribution in [0, 0.1) is 5.41 Å². The molecule has 3 aromatic carbocycles. The number of rotatable bonds is 9. The molecule has 8 heteroatoms. The van der Waals surface area contributed by atoms with Crippen molar-refractivity contribution >= 4 is 11.8 Å². The van der Waals surface area contributed by atoms with Gasteiger partial charge in [0.05, 0.1) is 6.61 Å². The highest BCUT2D eigenvalue weighted by atomic mass is 16.5. The molecule has 0 aliphatic heterocycles. The van der Waals surface area contributed by atoms with E-state index in [1.165, 1.54) is 0 Å². The van der Waals surface area contributed by atoms with Gasteiger partial charge in [0.25, 0.3) is 5.91 Å².